The third-order valence-corrected chi connectivity index (χ3v) is 4.53. The van der Waals surface area contributed by atoms with Gasteiger partial charge in [0.05, 0.1) is 12.1 Å². The van der Waals surface area contributed by atoms with Crippen molar-refractivity contribution < 1.29 is 18.4 Å². The molecule has 1 aromatic carbocycles. The molecule has 1 aliphatic rings. The third kappa shape index (κ3) is 3.87. The van der Waals surface area contributed by atoms with Crippen LogP contribution in [-0.4, -0.2) is 34.8 Å². The van der Waals surface area contributed by atoms with E-state index in [0.29, 0.717) is 48.8 Å². The lowest BCUT2D eigenvalue weighted by Crippen LogP contribution is -2.42. The van der Waals surface area contributed by atoms with Gasteiger partial charge in [-0.3, -0.25) is 9.59 Å². The van der Waals surface area contributed by atoms with Crippen LogP contribution in [0.2, 0.25) is 0 Å². The molecule has 2 N–H and O–H groups in total. The molecule has 0 bridgehead atoms. The number of nitrogens with two attached hydrogens (primary N) is 1. The van der Waals surface area contributed by atoms with E-state index in [2.05, 4.69) is 4.98 Å². The molecular weight excluding hydrogens is 325 g/mol. The number of aryl methyl sites for hydroxylation is 1. The molecule has 25 heavy (non-hydrogen) atoms. The second kappa shape index (κ2) is 7.04. The third-order valence-electron chi connectivity index (χ3n) is 4.53. The first kappa shape index (κ1) is 17.1. The Morgan fingerprint density at radius 2 is 2.08 bits per heavy atom. The van der Waals surface area contributed by atoms with Crippen LogP contribution < -0.4 is 5.73 Å². The number of aromatic nitrogens is 1. The van der Waals surface area contributed by atoms with E-state index in [4.69, 9.17) is 10.2 Å². The van der Waals surface area contributed by atoms with Crippen molar-refractivity contribution in [2.45, 2.75) is 26.2 Å². The predicted molar refractivity (Wildman–Crippen MR) is 88.8 cm³/mol. The summed E-state index contributed by atoms with van der Waals surface area (Å²) in [6.07, 6.45) is 1.30. The number of carbonyl (C=O) groups excluding carboxylic acids is 2. The van der Waals surface area contributed by atoms with Crippen molar-refractivity contribution >= 4 is 11.8 Å². The molecule has 0 spiro atoms. The Labute approximate surface area is 144 Å². The predicted octanol–water partition coefficient (Wildman–Crippen LogP) is 2.06. The lowest BCUT2D eigenvalue weighted by molar-refractivity contribution is -0.134. The molecule has 1 fully saturated rings. The fourth-order valence-electron chi connectivity index (χ4n) is 3.01. The first-order valence-corrected chi connectivity index (χ1v) is 8.23. The number of primary amides is 1. The van der Waals surface area contributed by atoms with Gasteiger partial charge in [0.1, 0.15) is 11.6 Å². The molecule has 7 heteroatoms. The smallest absolute Gasteiger partial charge is 0.228 e. The SMILES string of the molecule is Cc1oc(-c2cccc(F)c2)nc1CC(=O)N1CCC(C(N)=O)CC1. The van der Waals surface area contributed by atoms with Crippen molar-refractivity contribution in [3.63, 3.8) is 0 Å². The lowest BCUT2D eigenvalue weighted by Gasteiger charge is -2.30. The highest BCUT2D eigenvalue weighted by Crippen LogP contribution is 2.23. The molecule has 6 nitrogen and oxygen atoms in total. The Kier molecular flexibility index (Phi) is 4.83. The molecule has 1 aromatic heterocycles. The first-order valence-electron chi connectivity index (χ1n) is 8.23. The molecule has 1 aliphatic heterocycles. The van der Waals surface area contributed by atoms with Crippen molar-refractivity contribution in [2.75, 3.05) is 13.1 Å². The zero-order chi connectivity index (χ0) is 18.0. The summed E-state index contributed by atoms with van der Waals surface area (Å²) in [6.45, 7) is 2.76. The molecule has 0 atom stereocenters. The van der Waals surface area contributed by atoms with Crippen LogP contribution in [0.15, 0.2) is 28.7 Å². The van der Waals surface area contributed by atoms with Gasteiger partial charge in [-0.25, -0.2) is 9.37 Å². The molecule has 2 amide bonds. The van der Waals surface area contributed by atoms with Crippen LogP contribution in [0.25, 0.3) is 11.5 Å². The Morgan fingerprint density at radius 1 is 1.36 bits per heavy atom. The van der Waals surface area contributed by atoms with Crippen LogP contribution in [0.3, 0.4) is 0 Å². The van der Waals surface area contributed by atoms with Gasteiger partial charge in [-0.1, -0.05) is 6.07 Å². The van der Waals surface area contributed by atoms with E-state index in [1.54, 1.807) is 24.0 Å². The molecule has 0 aliphatic carbocycles. The molecule has 2 aromatic rings. The summed E-state index contributed by atoms with van der Waals surface area (Å²) < 4.78 is 18.9. The molecule has 3 rings (SSSR count). The van der Waals surface area contributed by atoms with Crippen LogP contribution in [0.4, 0.5) is 4.39 Å². The zero-order valence-electron chi connectivity index (χ0n) is 14.0. The summed E-state index contributed by atoms with van der Waals surface area (Å²) in [4.78, 5) is 29.7. The van der Waals surface area contributed by atoms with Crippen molar-refractivity contribution in [1.29, 1.82) is 0 Å². The van der Waals surface area contributed by atoms with Crippen LogP contribution in [0.1, 0.15) is 24.3 Å². The minimum absolute atomic E-state index is 0.0647. The Morgan fingerprint density at radius 3 is 2.72 bits per heavy atom. The van der Waals surface area contributed by atoms with Gasteiger partial charge in [-0.05, 0) is 38.0 Å². The van der Waals surface area contributed by atoms with E-state index in [-0.39, 0.29) is 30.0 Å². The lowest BCUT2D eigenvalue weighted by atomic mass is 9.96. The second-order valence-corrected chi connectivity index (χ2v) is 6.27. The average Bonchev–Trinajstić information content (AvgIpc) is 2.96. The van der Waals surface area contributed by atoms with Crippen LogP contribution in [0, 0.1) is 18.7 Å². The van der Waals surface area contributed by atoms with Gasteiger partial charge in [-0.15, -0.1) is 0 Å². The molecule has 0 radical (unpaired) electrons. The fraction of sp³-hybridized carbons (Fsp3) is 0.389. The van der Waals surface area contributed by atoms with E-state index in [1.165, 1.54) is 12.1 Å². The molecule has 132 valence electrons. The van der Waals surface area contributed by atoms with E-state index in [1.807, 2.05) is 0 Å². The number of benzene rings is 1. The molecule has 1 saturated heterocycles. The summed E-state index contributed by atoms with van der Waals surface area (Å²) in [5.74, 6) is -0.0584. The average molecular weight is 345 g/mol. The summed E-state index contributed by atoms with van der Waals surface area (Å²) >= 11 is 0. The minimum Gasteiger partial charge on any atom is -0.441 e. The summed E-state index contributed by atoms with van der Waals surface area (Å²) in [7, 11) is 0. The van der Waals surface area contributed by atoms with Gasteiger partial charge >= 0.3 is 0 Å². The van der Waals surface area contributed by atoms with Crippen LogP contribution in [0.5, 0.6) is 0 Å². The number of likely N-dealkylation sites (tertiary alicyclic amines) is 1. The largest absolute Gasteiger partial charge is 0.441 e. The second-order valence-electron chi connectivity index (χ2n) is 6.27. The topological polar surface area (TPSA) is 89.4 Å². The molecule has 0 saturated carbocycles. The number of amides is 2. The van der Waals surface area contributed by atoms with Crippen molar-refractivity contribution in [2.24, 2.45) is 11.7 Å². The number of nitrogens with zero attached hydrogens (tertiary/aromatic N) is 2. The maximum absolute atomic E-state index is 13.3. The molecule has 2 heterocycles. The number of hydrogen-bond donors (Lipinski definition) is 1. The first-order chi connectivity index (χ1) is 11.9. The highest BCUT2D eigenvalue weighted by atomic mass is 19.1. The van der Waals surface area contributed by atoms with Gasteiger partial charge in [0.15, 0.2) is 0 Å². The highest BCUT2D eigenvalue weighted by Gasteiger charge is 2.27. The van der Waals surface area contributed by atoms with Gasteiger partial charge in [-0.2, -0.15) is 0 Å². The quantitative estimate of drug-likeness (QED) is 0.918. The highest BCUT2D eigenvalue weighted by molar-refractivity contribution is 5.80. The van der Waals surface area contributed by atoms with Crippen molar-refractivity contribution in [3.05, 3.63) is 41.5 Å². The van der Waals surface area contributed by atoms with Crippen LogP contribution >= 0.6 is 0 Å². The summed E-state index contributed by atoms with van der Waals surface area (Å²) in [5.41, 5.74) is 6.38. The monoisotopic (exact) mass is 345 g/mol. The number of piperidine rings is 1. The Hall–Kier alpha value is -2.70. The Bertz CT molecular complexity index is 795. The fourth-order valence-corrected chi connectivity index (χ4v) is 3.01. The minimum atomic E-state index is -0.372. The van der Waals surface area contributed by atoms with Crippen LogP contribution in [-0.2, 0) is 16.0 Å². The van der Waals surface area contributed by atoms with Crippen molar-refractivity contribution in [3.8, 4) is 11.5 Å². The van der Waals surface area contributed by atoms with E-state index < -0.39 is 0 Å². The maximum Gasteiger partial charge on any atom is 0.228 e. The number of rotatable bonds is 4. The van der Waals surface area contributed by atoms with Gasteiger partial charge in [0.25, 0.3) is 0 Å². The van der Waals surface area contributed by atoms with E-state index in [0.717, 1.165) is 0 Å². The van der Waals surface area contributed by atoms with Gasteiger partial charge < -0.3 is 15.1 Å². The number of carbonyl (C=O) groups is 2. The normalized spacial score (nSPS) is 15.4. The number of oxazole rings is 1. The summed E-state index contributed by atoms with van der Waals surface area (Å²) in [6, 6.07) is 5.97. The molecule has 0 unspecified atom stereocenters. The van der Waals surface area contributed by atoms with Crippen molar-refractivity contribution in [1.82, 2.24) is 9.88 Å². The van der Waals surface area contributed by atoms with Gasteiger partial charge in [0.2, 0.25) is 17.7 Å². The number of hydrogen-bond acceptors (Lipinski definition) is 4. The maximum atomic E-state index is 13.3. The molecular formula is C18H20FN3O3. The standard InChI is InChI=1S/C18H20FN3O3/c1-11-15(21-18(25-11)13-3-2-4-14(19)9-13)10-16(23)22-7-5-12(6-8-22)17(20)24/h2-4,9,12H,5-8,10H2,1H3,(H2,20,24). The zero-order valence-corrected chi connectivity index (χ0v) is 14.0. The Balaban J connectivity index is 1.67. The van der Waals surface area contributed by atoms with E-state index >= 15 is 0 Å². The van der Waals surface area contributed by atoms with Gasteiger partial charge in [0, 0.05) is 24.6 Å². The van der Waals surface area contributed by atoms with E-state index in [9.17, 15) is 14.0 Å². The summed E-state index contributed by atoms with van der Waals surface area (Å²) in [5, 5.41) is 0. The number of halogens is 1.